The number of aryl methyl sites for hydroxylation is 3. The monoisotopic (exact) mass is 218 g/mol. The van der Waals surface area contributed by atoms with Gasteiger partial charge in [0.15, 0.2) is 5.78 Å². The van der Waals surface area contributed by atoms with Crippen molar-refractivity contribution in [1.82, 2.24) is 0 Å². The van der Waals surface area contributed by atoms with Crippen LogP contribution in [0.25, 0.3) is 0 Å². The van der Waals surface area contributed by atoms with Crippen molar-refractivity contribution in [3.63, 3.8) is 0 Å². The average molecular weight is 218 g/mol. The van der Waals surface area contributed by atoms with Gasteiger partial charge in [-0.15, -0.1) is 0 Å². The van der Waals surface area contributed by atoms with Crippen molar-refractivity contribution in [2.75, 3.05) is 0 Å². The van der Waals surface area contributed by atoms with Gasteiger partial charge in [0.2, 0.25) is 0 Å². The largest absolute Gasteiger partial charge is 0.294 e. The molecule has 0 aliphatic carbocycles. The molecular formula is C15H22O. The zero-order chi connectivity index (χ0) is 12.1. The van der Waals surface area contributed by atoms with E-state index in [1.807, 2.05) is 6.92 Å². The smallest absolute Gasteiger partial charge is 0.162 e. The van der Waals surface area contributed by atoms with Gasteiger partial charge in [0, 0.05) is 12.0 Å². The molecule has 16 heavy (non-hydrogen) atoms. The molecule has 0 aliphatic rings. The van der Waals surface area contributed by atoms with Crippen molar-refractivity contribution in [3.8, 4) is 0 Å². The van der Waals surface area contributed by atoms with Crippen LogP contribution < -0.4 is 0 Å². The maximum Gasteiger partial charge on any atom is 0.162 e. The molecule has 0 fully saturated rings. The number of rotatable bonds is 5. The molecule has 0 unspecified atom stereocenters. The van der Waals surface area contributed by atoms with Gasteiger partial charge in [-0.05, 0) is 42.0 Å². The van der Waals surface area contributed by atoms with E-state index in [2.05, 4.69) is 32.9 Å². The summed E-state index contributed by atoms with van der Waals surface area (Å²) in [5.74, 6) is 0.272. The van der Waals surface area contributed by atoms with Crippen LogP contribution in [0.5, 0.6) is 0 Å². The number of Topliss-reactive ketones (excluding diaryl/α,β-unsaturated/α-hetero) is 1. The van der Waals surface area contributed by atoms with E-state index in [4.69, 9.17) is 0 Å². The molecule has 0 aromatic heterocycles. The molecule has 1 aromatic rings. The van der Waals surface area contributed by atoms with Gasteiger partial charge in [-0.25, -0.2) is 0 Å². The Morgan fingerprint density at radius 3 is 1.81 bits per heavy atom. The molecule has 1 heteroatoms. The summed E-state index contributed by atoms with van der Waals surface area (Å²) in [7, 11) is 0. The Morgan fingerprint density at radius 1 is 0.875 bits per heavy atom. The first-order valence-corrected chi connectivity index (χ1v) is 6.35. The van der Waals surface area contributed by atoms with E-state index in [9.17, 15) is 4.79 Å². The lowest BCUT2D eigenvalue weighted by atomic mass is 9.92. The minimum Gasteiger partial charge on any atom is -0.294 e. The van der Waals surface area contributed by atoms with Crippen molar-refractivity contribution < 1.29 is 4.79 Å². The summed E-state index contributed by atoms with van der Waals surface area (Å²) in [6.45, 7) is 8.38. The predicted molar refractivity (Wildman–Crippen MR) is 69.2 cm³/mol. The Hall–Kier alpha value is -1.11. The molecule has 0 bridgehead atoms. The molecule has 0 radical (unpaired) electrons. The first-order chi connectivity index (χ1) is 7.67. The third kappa shape index (κ3) is 2.52. The van der Waals surface area contributed by atoms with Gasteiger partial charge in [-0.1, -0.05) is 33.8 Å². The zero-order valence-corrected chi connectivity index (χ0v) is 10.9. The number of carbonyl (C=O) groups is 1. The van der Waals surface area contributed by atoms with Gasteiger partial charge in [-0.3, -0.25) is 4.79 Å². The van der Waals surface area contributed by atoms with E-state index in [0.717, 1.165) is 24.8 Å². The molecule has 1 rings (SSSR count). The number of ketones is 1. The highest BCUT2D eigenvalue weighted by Crippen LogP contribution is 2.20. The molecule has 0 heterocycles. The highest BCUT2D eigenvalue weighted by molar-refractivity contribution is 5.97. The van der Waals surface area contributed by atoms with Gasteiger partial charge >= 0.3 is 0 Å². The van der Waals surface area contributed by atoms with E-state index >= 15 is 0 Å². The Kier molecular flexibility index (Phi) is 4.72. The number of hydrogen-bond acceptors (Lipinski definition) is 1. The van der Waals surface area contributed by atoms with E-state index < -0.39 is 0 Å². The lowest BCUT2D eigenvalue weighted by Crippen LogP contribution is -2.05. The second-order valence-electron chi connectivity index (χ2n) is 4.12. The maximum atomic E-state index is 11.9. The van der Waals surface area contributed by atoms with Crippen LogP contribution in [0.2, 0.25) is 0 Å². The predicted octanol–water partition coefficient (Wildman–Crippen LogP) is 3.97. The second-order valence-corrected chi connectivity index (χ2v) is 4.12. The molecule has 1 aromatic carbocycles. The SMILES string of the molecule is CCC(=O)c1cc(CC)c(CC)cc1CC. The van der Waals surface area contributed by atoms with Gasteiger partial charge in [0.1, 0.15) is 0 Å². The Bertz CT molecular complexity index is 377. The second kappa shape index (κ2) is 5.83. The Morgan fingerprint density at radius 2 is 1.38 bits per heavy atom. The minimum atomic E-state index is 0.272. The maximum absolute atomic E-state index is 11.9. The molecule has 0 N–H and O–H groups in total. The summed E-state index contributed by atoms with van der Waals surface area (Å²) in [6.07, 6.45) is 3.60. The number of carbonyl (C=O) groups excluding carboxylic acids is 1. The minimum absolute atomic E-state index is 0.272. The van der Waals surface area contributed by atoms with Crippen LogP contribution in [0.4, 0.5) is 0 Å². The molecule has 0 saturated carbocycles. The van der Waals surface area contributed by atoms with Gasteiger partial charge in [0.25, 0.3) is 0 Å². The fraction of sp³-hybridized carbons (Fsp3) is 0.533. The zero-order valence-electron chi connectivity index (χ0n) is 10.9. The summed E-state index contributed by atoms with van der Waals surface area (Å²) in [4.78, 5) is 11.9. The molecule has 0 amide bonds. The fourth-order valence-electron chi connectivity index (χ4n) is 2.14. The lowest BCUT2D eigenvalue weighted by molar-refractivity contribution is 0.0987. The van der Waals surface area contributed by atoms with Crippen LogP contribution in [0, 0.1) is 0 Å². The van der Waals surface area contributed by atoms with Gasteiger partial charge in [0.05, 0.1) is 0 Å². The quantitative estimate of drug-likeness (QED) is 0.683. The average Bonchev–Trinajstić information content (AvgIpc) is 2.35. The molecule has 0 aliphatic heterocycles. The molecule has 1 nitrogen and oxygen atoms in total. The highest BCUT2D eigenvalue weighted by Gasteiger charge is 2.11. The number of benzene rings is 1. The van der Waals surface area contributed by atoms with Crippen LogP contribution in [0.15, 0.2) is 12.1 Å². The molecule has 0 atom stereocenters. The van der Waals surface area contributed by atoms with Crippen LogP contribution in [-0.4, -0.2) is 5.78 Å². The van der Waals surface area contributed by atoms with E-state index in [0.29, 0.717) is 6.42 Å². The first kappa shape index (κ1) is 13.0. The van der Waals surface area contributed by atoms with E-state index in [1.165, 1.54) is 16.7 Å². The Labute approximate surface area is 98.9 Å². The van der Waals surface area contributed by atoms with Crippen molar-refractivity contribution in [2.24, 2.45) is 0 Å². The summed E-state index contributed by atoms with van der Waals surface area (Å²) >= 11 is 0. The van der Waals surface area contributed by atoms with Gasteiger partial charge in [-0.2, -0.15) is 0 Å². The Balaban J connectivity index is 3.31. The van der Waals surface area contributed by atoms with Crippen molar-refractivity contribution in [3.05, 3.63) is 34.4 Å². The van der Waals surface area contributed by atoms with Crippen molar-refractivity contribution in [1.29, 1.82) is 0 Å². The van der Waals surface area contributed by atoms with Crippen LogP contribution in [-0.2, 0) is 19.3 Å². The normalized spacial score (nSPS) is 10.5. The van der Waals surface area contributed by atoms with E-state index in [1.54, 1.807) is 0 Å². The van der Waals surface area contributed by atoms with Crippen molar-refractivity contribution in [2.45, 2.75) is 53.4 Å². The van der Waals surface area contributed by atoms with Crippen LogP contribution in [0.1, 0.15) is 61.2 Å². The van der Waals surface area contributed by atoms with E-state index in [-0.39, 0.29) is 5.78 Å². The lowest BCUT2D eigenvalue weighted by Gasteiger charge is -2.13. The number of hydrogen-bond donors (Lipinski definition) is 0. The molecule has 88 valence electrons. The summed E-state index contributed by atoms with van der Waals surface area (Å²) in [6, 6.07) is 4.34. The third-order valence-electron chi connectivity index (χ3n) is 3.19. The van der Waals surface area contributed by atoms with Gasteiger partial charge < -0.3 is 0 Å². The van der Waals surface area contributed by atoms with Crippen LogP contribution >= 0.6 is 0 Å². The van der Waals surface area contributed by atoms with Crippen LogP contribution in [0.3, 0.4) is 0 Å². The molecule has 0 saturated heterocycles. The van der Waals surface area contributed by atoms with Crippen molar-refractivity contribution >= 4 is 5.78 Å². The molecular weight excluding hydrogens is 196 g/mol. The summed E-state index contributed by atoms with van der Waals surface area (Å²) in [5, 5.41) is 0. The first-order valence-electron chi connectivity index (χ1n) is 6.35. The summed E-state index contributed by atoms with van der Waals surface area (Å²) < 4.78 is 0. The molecule has 0 spiro atoms. The fourth-order valence-corrected chi connectivity index (χ4v) is 2.14. The topological polar surface area (TPSA) is 17.1 Å². The third-order valence-corrected chi connectivity index (χ3v) is 3.19. The highest BCUT2D eigenvalue weighted by atomic mass is 16.1. The standard InChI is InChI=1S/C15H22O/c1-5-11-9-13(7-3)14(15(16)8-4)10-12(11)6-2/h9-10H,5-8H2,1-4H3. The summed E-state index contributed by atoms with van der Waals surface area (Å²) in [5.41, 5.74) is 4.88.